The van der Waals surface area contributed by atoms with Crippen LogP contribution < -0.4 is 25.3 Å². The second kappa shape index (κ2) is 11.5. The molecule has 1 aliphatic rings. The van der Waals surface area contributed by atoms with Crippen molar-refractivity contribution in [2.45, 2.75) is 24.2 Å². The van der Waals surface area contributed by atoms with Crippen molar-refractivity contribution in [3.63, 3.8) is 0 Å². The van der Waals surface area contributed by atoms with E-state index < -0.39 is 41.4 Å². The average Bonchev–Trinajstić information content (AvgIpc) is 3.27. The number of aliphatic hydroxyl groups is 2. The fourth-order valence-corrected chi connectivity index (χ4v) is 4.31. The molecule has 11 nitrogen and oxygen atoms in total. The van der Waals surface area contributed by atoms with Gasteiger partial charge in [0.15, 0.2) is 17.2 Å². The number of methoxy groups -OCH3 is 1. The van der Waals surface area contributed by atoms with E-state index in [4.69, 9.17) is 25.1 Å². The number of benzene rings is 2. The van der Waals surface area contributed by atoms with Crippen molar-refractivity contribution in [2.24, 2.45) is 5.73 Å². The maximum absolute atomic E-state index is 14.5. The molecule has 1 amide bonds. The second-order valence-electron chi connectivity index (χ2n) is 9.80. The molecule has 2 unspecified atom stereocenters. The summed E-state index contributed by atoms with van der Waals surface area (Å²) in [6.45, 7) is -0.189. The highest BCUT2D eigenvalue weighted by molar-refractivity contribution is 5.95. The van der Waals surface area contributed by atoms with Crippen LogP contribution in [0.4, 0.5) is 13.2 Å². The summed E-state index contributed by atoms with van der Waals surface area (Å²) in [6, 6.07) is 10.1. The largest absolute Gasteiger partial charge is 0.493 e. The Morgan fingerprint density at radius 2 is 1.79 bits per heavy atom. The lowest BCUT2D eigenvalue weighted by atomic mass is 9.89. The summed E-state index contributed by atoms with van der Waals surface area (Å²) in [5.41, 5.74) is 0.660. The summed E-state index contributed by atoms with van der Waals surface area (Å²) in [6.07, 6.45) is -5.31. The van der Waals surface area contributed by atoms with Crippen LogP contribution in [-0.4, -0.2) is 71.8 Å². The number of carbonyl (C=O) groups excluding carboxylic acids is 1. The Morgan fingerprint density at radius 3 is 2.38 bits per heavy atom. The number of nitrogens with two attached hydrogens (primary N) is 1. The van der Waals surface area contributed by atoms with E-state index in [1.165, 1.54) is 56.5 Å². The first-order chi connectivity index (χ1) is 19.7. The van der Waals surface area contributed by atoms with Gasteiger partial charge in [0.1, 0.15) is 18.9 Å². The van der Waals surface area contributed by atoms with E-state index >= 15 is 0 Å². The second-order valence-corrected chi connectivity index (χ2v) is 9.80. The first kappa shape index (κ1) is 30.6. The van der Waals surface area contributed by atoms with Crippen molar-refractivity contribution in [2.75, 3.05) is 33.5 Å². The van der Waals surface area contributed by atoms with Crippen molar-refractivity contribution in [3.05, 3.63) is 70.9 Å². The number of alkyl halides is 3. The molecule has 14 heteroatoms. The molecule has 4 rings (SSSR count). The standard InChI is InChI=1S/C28H28F3N3O8/c1-26(32)14-42-23-18(26)12-21(34-22(23)15-3-5-16(6-4-15)25(37)38)27(39,28(29,30)31)13-33-24(36)17-7-8-19(41-10-9-35)20(11-17)40-2/h3-8,11-12,35,39H,9-10,13-14,32H2,1-2H3,(H,33,36)(H,37,38). The van der Waals surface area contributed by atoms with Crippen molar-refractivity contribution in [3.8, 4) is 28.5 Å². The molecule has 0 saturated heterocycles. The highest BCUT2D eigenvalue weighted by Gasteiger charge is 2.57. The summed E-state index contributed by atoms with van der Waals surface area (Å²) in [5.74, 6) is -1.76. The maximum Gasteiger partial charge on any atom is 0.424 e. The normalized spacial score (nSPS) is 17.5. The third kappa shape index (κ3) is 5.82. The van der Waals surface area contributed by atoms with Gasteiger partial charge in [-0.15, -0.1) is 0 Å². The third-order valence-corrected chi connectivity index (χ3v) is 6.68. The van der Waals surface area contributed by atoms with Gasteiger partial charge in [0.05, 0.1) is 37.1 Å². The Kier molecular flexibility index (Phi) is 8.34. The van der Waals surface area contributed by atoms with Crippen LogP contribution in [0, 0.1) is 0 Å². The molecule has 0 bridgehead atoms. The quantitative estimate of drug-likeness (QED) is 0.236. The summed E-state index contributed by atoms with van der Waals surface area (Å²) in [5, 5.41) is 31.4. The predicted octanol–water partition coefficient (Wildman–Crippen LogP) is 2.57. The minimum Gasteiger partial charge on any atom is -0.493 e. The summed E-state index contributed by atoms with van der Waals surface area (Å²) < 4.78 is 59.7. The number of nitrogens with one attached hydrogen (secondary N) is 1. The number of hydrogen-bond acceptors (Lipinski definition) is 9. The number of aliphatic hydroxyl groups excluding tert-OH is 1. The van der Waals surface area contributed by atoms with Crippen LogP contribution in [0.25, 0.3) is 11.3 Å². The van der Waals surface area contributed by atoms with E-state index in [1.807, 2.05) is 0 Å². The van der Waals surface area contributed by atoms with Gasteiger partial charge in [0.2, 0.25) is 5.60 Å². The lowest BCUT2D eigenvalue weighted by Gasteiger charge is -2.31. The molecule has 1 aliphatic heterocycles. The van der Waals surface area contributed by atoms with E-state index in [9.17, 15) is 33.0 Å². The number of fused-ring (bicyclic) bond motifs is 1. The molecule has 0 fully saturated rings. The van der Waals surface area contributed by atoms with Crippen molar-refractivity contribution < 1.29 is 52.3 Å². The van der Waals surface area contributed by atoms with Gasteiger partial charge in [0.25, 0.3) is 5.91 Å². The van der Waals surface area contributed by atoms with Gasteiger partial charge in [-0.25, -0.2) is 9.78 Å². The van der Waals surface area contributed by atoms with Crippen LogP contribution in [0.2, 0.25) is 0 Å². The van der Waals surface area contributed by atoms with E-state index in [1.54, 1.807) is 0 Å². The molecule has 3 aromatic rings. The Balaban J connectivity index is 1.73. The average molecular weight is 592 g/mol. The minimum absolute atomic E-state index is 0.0487. The zero-order chi connectivity index (χ0) is 30.9. The fraction of sp³-hybridized carbons (Fsp3) is 0.321. The van der Waals surface area contributed by atoms with Crippen LogP contribution in [0.3, 0.4) is 0 Å². The van der Waals surface area contributed by atoms with E-state index in [0.29, 0.717) is 0 Å². The number of nitrogens with zero attached hydrogens (tertiary/aromatic N) is 1. The number of halogens is 3. The third-order valence-electron chi connectivity index (χ3n) is 6.68. The van der Waals surface area contributed by atoms with Crippen molar-refractivity contribution in [1.82, 2.24) is 10.3 Å². The Morgan fingerprint density at radius 1 is 1.12 bits per heavy atom. The Labute approximate surface area is 237 Å². The topological polar surface area (TPSA) is 173 Å². The van der Waals surface area contributed by atoms with Gasteiger partial charge < -0.3 is 40.6 Å². The predicted molar refractivity (Wildman–Crippen MR) is 142 cm³/mol. The van der Waals surface area contributed by atoms with Gasteiger partial charge in [-0.3, -0.25) is 4.79 Å². The number of carboxylic acids is 1. The van der Waals surface area contributed by atoms with Crippen LogP contribution in [0.5, 0.6) is 17.2 Å². The van der Waals surface area contributed by atoms with Gasteiger partial charge in [-0.05, 0) is 43.3 Å². The van der Waals surface area contributed by atoms with E-state index in [2.05, 4.69) is 10.3 Å². The minimum atomic E-state index is -5.31. The molecular weight excluding hydrogens is 563 g/mol. The molecule has 2 atom stereocenters. The number of rotatable bonds is 10. The summed E-state index contributed by atoms with van der Waals surface area (Å²) >= 11 is 0. The number of aromatic carboxylic acids is 1. The van der Waals surface area contributed by atoms with Crippen LogP contribution in [0.15, 0.2) is 48.5 Å². The number of carboxylic acid groups (broad SMARTS) is 1. The smallest absolute Gasteiger partial charge is 0.424 e. The first-order valence-electron chi connectivity index (χ1n) is 12.5. The lowest BCUT2D eigenvalue weighted by Crippen LogP contribution is -2.51. The maximum atomic E-state index is 14.5. The summed E-state index contributed by atoms with van der Waals surface area (Å²) in [4.78, 5) is 28.2. The molecule has 0 spiro atoms. The number of carbonyl (C=O) groups is 2. The molecule has 0 aliphatic carbocycles. The highest BCUT2D eigenvalue weighted by Crippen LogP contribution is 2.46. The monoisotopic (exact) mass is 591 g/mol. The number of amides is 1. The Bertz CT molecular complexity index is 1490. The van der Waals surface area contributed by atoms with Gasteiger partial charge in [0, 0.05) is 16.7 Å². The number of aromatic nitrogens is 1. The zero-order valence-electron chi connectivity index (χ0n) is 22.5. The first-order valence-corrected chi connectivity index (χ1v) is 12.5. The van der Waals surface area contributed by atoms with Crippen LogP contribution >= 0.6 is 0 Å². The number of pyridine rings is 1. The highest BCUT2D eigenvalue weighted by atomic mass is 19.4. The number of ether oxygens (including phenoxy) is 3. The lowest BCUT2D eigenvalue weighted by molar-refractivity contribution is -0.265. The molecule has 224 valence electrons. The molecule has 2 heterocycles. The fourth-order valence-electron chi connectivity index (χ4n) is 4.31. The van der Waals surface area contributed by atoms with Crippen LogP contribution in [-0.2, 0) is 11.1 Å². The van der Waals surface area contributed by atoms with Crippen molar-refractivity contribution >= 4 is 11.9 Å². The molecule has 1 aromatic heterocycles. The van der Waals surface area contributed by atoms with E-state index in [0.717, 1.165) is 6.07 Å². The SMILES string of the molecule is COc1cc(C(=O)NCC(O)(c2cc3c(c(-c4ccc(C(=O)O)cc4)n2)OCC3(C)N)C(F)(F)F)ccc1OCCO. The van der Waals surface area contributed by atoms with Crippen molar-refractivity contribution in [1.29, 1.82) is 0 Å². The Hall–Kier alpha value is -4.40. The molecular formula is C28H28F3N3O8. The van der Waals surface area contributed by atoms with Gasteiger partial charge in [-0.2, -0.15) is 13.2 Å². The van der Waals surface area contributed by atoms with Gasteiger partial charge >= 0.3 is 12.1 Å². The molecule has 6 N–H and O–H groups in total. The molecule has 0 saturated carbocycles. The molecule has 2 aromatic carbocycles. The summed E-state index contributed by atoms with van der Waals surface area (Å²) in [7, 11) is 1.30. The zero-order valence-corrected chi connectivity index (χ0v) is 22.5. The van der Waals surface area contributed by atoms with Gasteiger partial charge in [-0.1, -0.05) is 12.1 Å². The molecule has 42 heavy (non-hydrogen) atoms. The van der Waals surface area contributed by atoms with Crippen LogP contribution in [0.1, 0.15) is 38.9 Å². The number of hydrogen-bond donors (Lipinski definition) is 5. The molecule has 0 radical (unpaired) electrons. The van der Waals surface area contributed by atoms with E-state index in [-0.39, 0.29) is 65.0 Å².